The molecule has 1 unspecified atom stereocenters. The second-order valence-corrected chi connectivity index (χ2v) is 8.09. The van der Waals surface area contributed by atoms with Gasteiger partial charge in [-0.1, -0.05) is 26.0 Å². The molecule has 0 bridgehead atoms. The predicted molar refractivity (Wildman–Crippen MR) is 94.6 cm³/mol. The summed E-state index contributed by atoms with van der Waals surface area (Å²) in [7, 11) is 2.19. The number of fused-ring (bicyclic) bond motifs is 1. The smallest absolute Gasteiger partial charge is 0.0666 e. The Morgan fingerprint density at radius 2 is 1.90 bits per heavy atom. The van der Waals surface area contributed by atoms with E-state index in [9.17, 15) is 0 Å². The van der Waals surface area contributed by atoms with Crippen LogP contribution in [0.25, 0.3) is 0 Å². The van der Waals surface area contributed by atoms with Gasteiger partial charge >= 0.3 is 0 Å². The van der Waals surface area contributed by atoms with Gasteiger partial charge < -0.3 is 15.5 Å². The lowest BCUT2D eigenvalue weighted by molar-refractivity contribution is 0.168. The van der Waals surface area contributed by atoms with Crippen LogP contribution in [0, 0.1) is 5.41 Å². The van der Waals surface area contributed by atoms with E-state index in [4.69, 9.17) is 5.73 Å². The molecular weight excluding hydrogens is 278 g/mol. The van der Waals surface area contributed by atoms with Crippen molar-refractivity contribution >= 4 is 23.1 Å². The Kier molecular flexibility index (Phi) is 3.87. The van der Waals surface area contributed by atoms with E-state index in [1.165, 1.54) is 23.5 Å². The number of thioether (sulfide) groups is 1. The van der Waals surface area contributed by atoms with Crippen LogP contribution < -0.4 is 15.5 Å². The maximum absolute atomic E-state index is 6.37. The number of likely N-dealkylation sites (N-methyl/N-ethyl adjacent to an activating group) is 1. The van der Waals surface area contributed by atoms with Crippen LogP contribution in [0.4, 0.5) is 11.4 Å². The highest BCUT2D eigenvalue weighted by molar-refractivity contribution is 7.99. The summed E-state index contributed by atoms with van der Waals surface area (Å²) in [5, 5.41) is 0. The minimum atomic E-state index is 0.0628. The van der Waals surface area contributed by atoms with E-state index in [1.807, 2.05) is 0 Å². The van der Waals surface area contributed by atoms with Crippen LogP contribution >= 0.6 is 11.8 Å². The van der Waals surface area contributed by atoms with Gasteiger partial charge in [-0.3, -0.25) is 0 Å². The third kappa shape index (κ3) is 2.23. The molecule has 1 aromatic rings. The largest absolute Gasteiger partial charge is 0.371 e. The predicted octanol–water partition coefficient (Wildman–Crippen LogP) is 2.80. The summed E-state index contributed by atoms with van der Waals surface area (Å²) >= 11 is 2.06. The van der Waals surface area contributed by atoms with E-state index < -0.39 is 0 Å². The summed E-state index contributed by atoms with van der Waals surface area (Å²) in [5.41, 5.74) is 9.37. The fraction of sp³-hybridized carbons (Fsp3) is 0.647. The van der Waals surface area contributed by atoms with E-state index >= 15 is 0 Å². The van der Waals surface area contributed by atoms with Crippen LogP contribution in [0.15, 0.2) is 24.3 Å². The molecule has 1 atom stereocenters. The van der Waals surface area contributed by atoms with Crippen molar-refractivity contribution in [3.8, 4) is 0 Å². The Morgan fingerprint density at radius 3 is 2.57 bits per heavy atom. The minimum absolute atomic E-state index is 0.0628. The molecule has 0 aliphatic carbocycles. The number of para-hydroxylation sites is 2. The Morgan fingerprint density at radius 1 is 1.19 bits per heavy atom. The normalized spacial score (nSPS) is 28.4. The zero-order valence-electron chi connectivity index (χ0n) is 13.4. The van der Waals surface area contributed by atoms with Gasteiger partial charge in [0.25, 0.3) is 0 Å². The summed E-state index contributed by atoms with van der Waals surface area (Å²) in [6.45, 7) is 7.67. The lowest BCUT2D eigenvalue weighted by Gasteiger charge is -2.58. The standard InChI is InChI=1S/C17H27N3S/c1-16(2)8-11-21-13-17(16,12-18)20-10-9-19(3)14-6-4-5-7-15(14)20/h4-7H,8-13,18H2,1-3H3. The number of hydrogen-bond acceptors (Lipinski definition) is 4. The van der Waals surface area contributed by atoms with Crippen molar-refractivity contribution in [3.63, 3.8) is 0 Å². The zero-order chi connectivity index (χ0) is 15.1. The highest BCUT2D eigenvalue weighted by Crippen LogP contribution is 2.49. The first kappa shape index (κ1) is 15.0. The maximum Gasteiger partial charge on any atom is 0.0666 e. The van der Waals surface area contributed by atoms with E-state index in [0.717, 1.165) is 25.4 Å². The molecule has 0 radical (unpaired) electrons. The molecule has 0 spiro atoms. The molecule has 21 heavy (non-hydrogen) atoms. The summed E-state index contributed by atoms with van der Waals surface area (Å²) in [6, 6.07) is 8.78. The molecule has 3 nitrogen and oxygen atoms in total. The number of rotatable bonds is 2. The van der Waals surface area contributed by atoms with Gasteiger partial charge in [-0.2, -0.15) is 11.8 Å². The van der Waals surface area contributed by atoms with Crippen molar-refractivity contribution in [2.45, 2.75) is 25.8 Å². The third-order valence-electron chi connectivity index (χ3n) is 5.57. The molecule has 2 N–H and O–H groups in total. The van der Waals surface area contributed by atoms with Crippen molar-refractivity contribution < 1.29 is 0 Å². The fourth-order valence-electron chi connectivity index (χ4n) is 3.84. The minimum Gasteiger partial charge on any atom is -0.371 e. The van der Waals surface area contributed by atoms with Crippen LogP contribution in [0.1, 0.15) is 20.3 Å². The molecule has 2 aliphatic rings. The Labute approximate surface area is 132 Å². The molecule has 0 aromatic heterocycles. The summed E-state index contributed by atoms with van der Waals surface area (Å²) in [6.07, 6.45) is 1.24. The van der Waals surface area contributed by atoms with E-state index in [2.05, 4.69) is 66.7 Å². The van der Waals surface area contributed by atoms with Crippen LogP contribution in [0.3, 0.4) is 0 Å². The van der Waals surface area contributed by atoms with Crippen LogP contribution in [0.5, 0.6) is 0 Å². The number of anilines is 2. The topological polar surface area (TPSA) is 32.5 Å². The summed E-state index contributed by atoms with van der Waals surface area (Å²) in [5.74, 6) is 2.39. The second kappa shape index (κ2) is 5.40. The quantitative estimate of drug-likeness (QED) is 0.911. The van der Waals surface area contributed by atoms with Gasteiger partial charge in [0.05, 0.1) is 16.9 Å². The van der Waals surface area contributed by atoms with Crippen LogP contribution in [-0.2, 0) is 0 Å². The first-order valence-electron chi connectivity index (χ1n) is 7.87. The van der Waals surface area contributed by atoms with E-state index in [-0.39, 0.29) is 11.0 Å². The van der Waals surface area contributed by atoms with Crippen molar-refractivity contribution in [2.24, 2.45) is 11.1 Å². The highest BCUT2D eigenvalue weighted by Gasteiger charge is 2.51. The van der Waals surface area contributed by atoms with Gasteiger partial charge in [-0.25, -0.2) is 0 Å². The number of hydrogen-bond donors (Lipinski definition) is 1. The van der Waals surface area contributed by atoms with E-state index in [1.54, 1.807) is 0 Å². The first-order chi connectivity index (χ1) is 10.0. The van der Waals surface area contributed by atoms with Gasteiger partial charge in [0, 0.05) is 32.4 Å². The molecule has 1 aromatic carbocycles. The Hall–Kier alpha value is -0.870. The molecular formula is C17H27N3S. The number of nitrogens with zero attached hydrogens (tertiary/aromatic N) is 2. The summed E-state index contributed by atoms with van der Waals surface area (Å²) in [4.78, 5) is 4.98. The lowest BCUT2D eigenvalue weighted by Crippen LogP contribution is -2.68. The molecule has 116 valence electrons. The lowest BCUT2D eigenvalue weighted by atomic mass is 9.69. The van der Waals surface area contributed by atoms with Gasteiger partial charge in [0.2, 0.25) is 0 Å². The highest BCUT2D eigenvalue weighted by atomic mass is 32.2. The number of nitrogens with two attached hydrogens (primary N) is 1. The third-order valence-corrected chi connectivity index (χ3v) is 6.74. The SMILES string of the molecule is CN1CCN(C2(CN)CSCCC2(C)C)c2ccccc21. The second-order valence-electron chi connectivity index (χ2n) is 6.98. The van der Waals surface area contributed by atoms with Gasteiger partial charge in [-0.15, -0.1) is 0 Å². The van der Waals surface area contributed by atoms with Crippen molar-refractivity contribution in [1.29, 1.82) is 0 Å². The van der Waals surface area contributed by atoms with Gasteiger partial charge in [0.1, 0.15) is 0 Å². The van der Waals surface area contributed by atoms with Crippen LogP contribution in [0.2, 0.25) is 0 Å². The number of benzene rings is 1. The average Bonchev–Trinajstić information content (AvgIpc) is 2.48. The van der Waals surface area contributed by atoms with Crippen molar-refractivity contribution in [2.75, 3.05) is 48.0 Å². The fourth-order valence-corrected chi connectivity index (χ4v) is 5.64. The molecule has 0 amide bonds. The van der Waals surface area contributed by atoms with E-state index in [0.29, 0.717) is 0 Å². The average molecular weight is 305 g/mol. The monoisotopic (exact) mass is 305 g/mol. The van der Waals surface area contributed by atoms with Gasteiger partial charge in [-0.05, 0) is 29.7 Å². The molecule has 1 saturated heterocycles. The molecule has 2 heterocycles. The Bertz CT molecular complexity index is 517. The molecule has 3 rings (SSSR count). The first-order valence-corrected chi connectivity index (χ1v) is 9.03. The van der Waals surface area contributed by atoms with Crippen LogP contribution in [-0.4, -0.2) is 43.7 Å². The zero-order valence-corrected chi connectivity index (χ0v) is 14.2. The Balaban J connectivity index is 2.08. The van der Waals surface area contributed by atoms with Crippen molar-refractivity contribution in [3.05, 3.63) is 24.3 Å². The molecule has 1 fully saturated rings. The molecule has 4 heteroatoms. The molecule has 2 aliphatic heterocycles. The maximum atomic E-state index is 6.37. The van der Waals surface area contributed by atoms with Crippen molar-refractivity contribution in [1.82, 2.24) is 0 Å². The molecule has 0 saturated carbocycles. The van der Waals surface area contributed by atoms with Gasteiger partial charge in [0.15, 0.2) is 0 Å². The summed E-state index contributed by atoms with van der Waals surface area (Å²) < 4.78 is 0.